The first-order valence-electron chi connectivity index (χ1n) is 6.23. The highest BCUT2D eigenvalue weighted by Gasteiger charge is 2.15. The van der Waals surface area contributed by atoms with Crippen molar-refractivity contribution in [3.05, 3.63) is 34.8 Å². The Bertz CT molecular complexity index is 814. The molecule has 0 spiro atoms. The van der Waals surface area contributed by atoms with Gasteiger partial charge in [-0.3, -0.25) is 0 Å². The van der Waals surface area contributed by atoms with Crippen LogP contribution >= 0.6 is 15.9 Å². The number of H-pyrrole nitrogens is 1. The fourth-order valence-corrected chi connectivity index (χ4v) is 2.65. The Labute approximate surface area is 129 Å². The average molecular weight is 349 g/mol. The third-order valence-electron chi connectivity index (χ3n) is 3.24. The number of phenolic OH excluding ortho intramolecular Hbond substituents is 1. The molecule has 3 aromatic rings. The number of imidazole rings is 1. The van der Waals surface area contributed by atoms with Crippen LogP contribution in [0.1, 0.15) is 0 Å². The maximum absolute atomic E-state index is 10.1. The van der Waals surface area contributed by atoms with Crippen molar-refractivity contribution in [2.45, 2.75) is 0 Å². The van der Waals surface area contributed by atoms with Gasteiger partial charge in [0.05, 0.1) is 29.7 Å². The van der Waals surface area contributed by atoms with Crippen molar-refractivity contribution < 1.29 is 14.6 Å². The van der Waals surface area contributed by atoms with Crippen LogP contribution in [0, 0.1) is 0 Å². The molecule has 0 amide bonds. The first-order valence-corrected chi connectivity index (χ1v) is 7.03. The van der Waals surface area contributed by atoms with E-state index in [1.165, 1.54) is 7.11 Å². The van der Waals surface area contributed by atoms with Crippen LogP contribution in [0.2, 0.25) is 0 Å². The summed E-state index contributed by atoms with van der Waals surface area (Å²) in [6.45, 7) is 0. The second kappa shape index (κ2) is 5.29. The number of hydrogen-bond donors (Lipinski definition) is 2. The van der Waals surface area contributed by atoms with Crippen molar-refractivity contribution in [1.29, 1.82) is 0 Å². The summed E-state index contributed by atoms with van der Waals surface area (Å²) >= 11 is 3.38. The maximum atomic E-state index is 10.1. The average Bonchev–Trinajstić information content (AvgIpc) is 2.92. The number of hydrogen-bond acceptors (Lipinski definition) is 4. The number of ether oxygens (including phenoxy) is 2. The van der Waals surface area contributed by atoms with Crippen LogP contribution < -0.4 is 9.47 Å². The van der Waals surface area contributed by atoms with Gasteiger partial charge in [-0.1, -0.05) is 0 Å². The van der Waals surface area contributed by atoms with Gasteiger partial charge in [0.25, 0.3) is 0 Å². The summed E-state index contributed by atoms with van der Waals surface area (Å²) in [5.74, 6) is 1.87. The smallest absolute Gasteiger partial charge is 0.172 e. The molecule has 21 heavy (non-hydrogen) atoms. The van der Waals surface area contributed by atoms with Gasteiger partial charge in [0.1, 0.15) is 11.6 Å². The topological polar surface area (TPSA) is 67.4 Å². The highest BCUT2D eigenvalue weighted by atomic mass is 79.9. The van der Waals surface area contributed by atoms with E-state index in [-0.39, 0.29) is 5.75 Å². The molecule has 0 fully saturated rings. The minimum atomic E-state index is 0.0491. The summed E-state index contributed by atoms with van der Waals surface area (Å²) in [6.07, 6.45) is 0. The fraction of sp³-hybridized carbons (Fsp3) is 0.133. The Balaban J connectivity index is 2.14. The molecule has 108 valence electrons. The van der Waals surface area contributed by atoms with Crippen LogP contribution in [0.5, 0.6) is 17.2 Å². The van der Waals surface area contributed by atoms with Gasteiger partial charge >= 0.3 is 0 Å². The van der Waals surface area contributed by atoms with Gasteiger partial charge in [-0.2, -0.15) is 0 Å². The van der Waals surface area contributed by atoms with Crippen molar-refractivity contribution in [3.63, 3.8) is 0 Å². The third kappa shape index (κ3) is 2.31. The van der Waals surface area contributed by atoms with E-state index < -0.39 is 0 Å². The highest BCUT2D eigenvalue weighted by molar-refractivity contribution is 9.10. The van der Waals surface area contributed by atoms with Gasteiger partial charge < -0.3 is 19.6 Å². The van der Waals surface area contributed by atoms with Gasteiger partial charge in [0.2, 0.25) is 0 Å². The van der Waals surface area contributed by atoms with Crippen LogP contribution in [0.15, 0.2) is 34.8 Å². The molecule has 3 rings (SSSR count). The van der Waals surface area contributed by atoms with E-state index in [1.807, 2.05) is 24.3 Å². The second-order valence-corrected chi connectivity index (χ2v) is 5.24. The second-order valence-electron chi connectivity index (χ2n) is 4.45. The number of nitrogens with one attached hydrogen (secondary N) is 1. The molecule has 6 heteroatoms. The summed E-state index contributed by atoms with van der Waals surface area (Å²) in [4.78, 5) is 7.74. The molecule has 0 saturated heterocycles. The zero-order valence-electron chi connectivity index (χ0n) is 11.5. The fourth-order valence-electron chi connectivity index (χ4n) is 2.14. The predicted octanol–water partition coefficient (Wildman–Crippen LogP) is 3.72. The van der Waals surface area contributed by atoms with Crippen molar-refractivity contribution in [2.24, 2.45) is 0 Å². The predicted molar refractivity (Wildman–Crippen MR) is 84.0 cm³/mol. The van der Waals surface area contributed by atoms with E-state index in [0.717, 1.165) is 22.3 Å². The van der Waals surface area contributed by atoms with Gasteiger partial charge in [-0.05, 0) is 40.2 Å². The Morgan fingerprint density at radius 3 is 2.67 bits per heavy atom. The number of nitrogens with zero attached hydrogens (tertiary/aromatic N) is 1. The van der Waals surface area contributed by atoms with E-state index in [9.17, 15) is 5.11 Å². The number of phenols is 1. The molecule has 5 nitrogen and oxygen atoms in total. The molecule has 2 N–H and O–H groups in total. The Morgan fingerprint density at radius 2 is 1.95 bits per heavy atom. The number of rotatable bonds is 3. The Morgan fingerprint density at radius 1 is 1.14 bits per heavy atom. The van der Waals surface area contributed by atoms with Crippen molar-refractivity contribution >= 4 is 27.0 Å². The highest BCUT2D eigenvalue weighted by Crippen LogP contribution is 2.40. The molecule has 0 unspecified atom stereocenters. The lowest BCUT2D eigenvalue weighted by Gasteiger charge is -2.08. The molecular formula is C15H13BrN2O3. The molecule has 2 aromatic carbocycles. The maximum Gasteiger partial charge on any atom is 0.172 e. The van der Waals surface area contributed by atoms with E-state index in [0.29, 0.717) is 16.0 Å². The number of fused-ring (bicyclic) bond motifs is 1. The molecule has 0 radical (unpaired) electrons. The standard InChI is InChI=1S/C15H13BrN2O3/c1-20-8-3-5-10-11(7-8)18-15(17-10)9-4-6-12(21-2)14(19)13(9)16/h3-7,19H,1-2H3,(H,17,18). The molecule has 0 atom stereocenters. The zero-order chi connectivity index (χ0) is 15.0. The number of benzene rings is 2. The number of aromatic amines is 1. The molecule has 1 aromatic heterocycles. The molecule has 0 saturated carbocycles. The number of methoxy groups -OCH3 is 2. The first kappa shape index (κ1) is 13.8. The molecule has 0 aliphatic carbocycles. The zero-order valence-corrected chi connectivity index (χ0v) is 13.1. The van der Waals surface area contributed by atoms with Crippen molar-refractivity contribution in [2.75, 3.05) is 14.2 Å². The lowest BCUT2D eigenvalue weighted by molar-refractivity contribution is 0.372. The normalized spacial score (nSPS) is 10.8. The summed E-state index contributed by atoms with van der Waals surface area (Å²) in [5.41, 5.74) is 2.45. The van der Waals surface area contributed by atoms with Crippen LogP contribution in [-0.4, -0.2) is 29.3 Å². The first-order chi connectivity index (χ1) is 10.1. The van der Waals surface area contributed by atoms with E-state index >= 15 is 0 Å². The van der Waals surface area contributed by atoms with Crippen LogP contribution in [-0.2, 0) is 0 Å². The summed E-state index contributed by atoms with van der Waals surface area (Å²) in [5, 5.41) is 10.1. The Hall–Kier alpha value is -2.21. The number of halogens is 1. The lowest BCUT2D eigenvalue weighted by atomic mass is 10.2. The van der Waals surface area contributed by atoms with Gasteiger partial charge in [0, 0.05) is 11.6 Å². The van der Waals surface area contributed by atoms with Crippen molar-refractivity contribution in [1.82, 2.24) is 9.97 Å². The van der Waals surface area contributed by atoms with Crippen LogP contribution in [0.25, 0.3) is 22.4 Å². The monoisotopic (exact) mass is 348 g/mol. The largest absolute Gasteiger partial charge is 0.503 e. The van der Waals surface area contributed by atoms with E-state index in [4.69, 9.17) is 9.47 Å². The Kier molecular flexibility index (Phi) is 3.47. The number of aromatic nitrogens is 2. The van der Waals surface area contributed by atoms with Gasteiger partial charge in [0.15, 0.2) is 11.5 Å². The van der Waals surface area contributed by atoms with E-state index in [2.05, 4.69) is 25.9 Å². The minimum Gasteiger partial charge on any atom is -0.503 e. The molecule has 0 aliphatic rings. The van der Waals surface area contributed by atoms with Gasteiger partial charge in [-0.25, -0.2) is 4.98 Å². The summed E-state index contributed by atoms with van der Waals surface area (Å²) in [6, 6.07) is 9.14. The summed E-state index contributed by atoms with van der Waals surface area (Å²) < 4.78 is 10.8. The lowest BCUT2D eigenvalue weighted by Crippen LogP contribution is -1.88. The quantitative estimate of drug-likeness (QED) is 0.756. The van der Waals surface area contributed by atoms with Gasteiger partial charge in [-0.15, -0.1) is 0 Å². The molecule has 0 aliphatic heterocycles. The minimum absolute atomic E-state index is 0.0491. The van der Waals surface area contributed by atoms with Crippen LogP contribution in [0.3, 0.4) is 0 Å². The third-order valence-corrected chi connectivity index (χ3v) is 4.05. The van der Waals surface area contributed by atoms with Crippen LogP contribution in [0.4, 0.5) is 0 Å². The SMILES string of the molecule is COc1ccc2nc(-c3ccc(OC)c(O)c3Br)[nH]c2c1. The molecular weight excluding hydrogens is 336 g/mol. The molecule has 1 heterocycles. The summed E-state index contributed by atoms with van der Waals surface area (Å²) in [7, 11) is 3.13. The molecule has 0 bridgehead atoms. The van der Waals surface area contributed by atoms with Crippen molar-refractivity contribution in [3.8, 4) is 28.6 Å². The van der Waals surface area contributed by atoms with E-state index in [1.54, 1.807) is 13.2 Å². The number of aromatic hydroxyl groups is 1.